The fourth-order valence-corrected chi connectivity index (χ4v) is 2.34. The van der Waals surface area contributed by atoms with Crippen molar-refractivity contribution in [2.45, 2.75) is 38.3 Å². The number of hydrogen-bond donors (Lipinski definition) is 1. The molecule has 1 heterocycles. The van der Waals surface area contributed by atoms with Crippen LogP contribution in [0.5, 0.6) is 0 Å². The number of aromatic nitrogens is 1. The minimum absolute atomic E-state index is 0.148. The van der Waals surface area contributed by atoms with Gasteiger partial charge in [0, 0.05) is 25.3 Å². The van der Waals surface area contributed by atoms with E-state index in [-0.39, 0.29) is 5.69 Å². The van der Waals surface area contributed by atoms with Gasteiger partial charge >= 0.3 is 5.97 Å². The third kappa shape index (κ3) is 2.88. The van der Waals surface area contributed by atoms with Crippen LogP contribution >= 0.6 is 0 Å². The molecule has 4 nitrogen and oxygen atoms in total. The predicted octanol–water partition coefficient (Wildman–Crippen LogP) is 2.15. The summed E-state index contributed by atoms with van der Waals surface area (Å²) < 4.78 is 0. The number of carboxylic acid groups (broad SMARTS) is 1. The fraction of sp³-hybridized carbons (Fsp3) is 0.571. The summed E-state index contributed by atoms with van der Waals surface area (Å²) in [4.78, 5) is 17.3. The zero-order valence-electron chi connectivity index (χ0n) is 10.4. The Balaban J connectivity index is 1.68. The highest BCUT2D eigenvalue weighted by Gasteiger charge is 2.33. The van der Waals surface area contributed by atoms with E-state index in [1.165, 1.54) is 32.2 Å². The van der Waals surface area contributed by atoms with E-state index in [0.717, 1.165) is 24.1 Å². The summed E-state index contributed by atoms with van der Waals surface area (Å²) in [6.45, 7) is 2.04. The molecule has 0 amide bonds. The molecule has 2 saturated carbocycles. The van der Waals surface area contributed by atoms with E-state index in [9.17, 15) is 4.79 Å². The van der Waals surface area contributed by atoms with Crippen LogP contribution in [0.2, 0.25) is 0 Å². The number of carboxylic acids is 1. The van der Waals surface area contributed by atoms with Crippen molar-refractivity contribution in [3.8, 4) is 0 Å². The third-order valence-corrected chi connectivity index (χ3v) is 3.68. The number of pyridine rings is 1. The molecule has 0 bridgehead atoms. The van der Waals surface area contributed by atoms with Crippen LogP contribution in [0.25, 0.3) is 0 Å². The molecule has 2 aliphatic rings. The number of carbonyl (C=O) groups is 1. The first kappa shape index (κ1) is 11.7. The van der Waals surface area contributed by atoms with Gasteiger partial charge in [0.2, 0.25) is 0 Å². The summed E-state index contributed by atoms with van der Waals surface area (Å²) in [5.41, 5.74) is 1.21. The Kier molecular flexibility index (Phi) is 3.04. The maximum absolute atomic E-state index is 10.9. The molecule has 1 N–H and O–H groups in total. The largest absolute Gasteiger partial charge is 0.477 e. The molecular formula is C14H18N2O2. The van der Waals surface area contributed by atoms with Crippen LogP contribution in [-0.4, -0.2) is 33.5 Å². The molecule has 96 valence electrons. The van der Waals surface area contributed by atoms with Crippen LogP contribution in [0.4, 0.5) is 0 Å². The van der Waals surface area contributed by atoms with E-state index in [1.54, 1.807) is 12.3 Å². The molecule has 3 rings (SSSR count). The maximum Gasteiger partial charge on any atom is 0.354 e. The molecule has 0 aliphatic heterocycles. The van der Waals surface area contributed by atoms with Gasteiger partial charge < -0.3 is 5.11 Å². The Bertz CT molecular complexity index is 453. The second-order valence-electron chi connectivity index (χ2n) is 5.46. The van der Waals surface area contributed by atoms with Gasteiger partial charge in [-0.1, -0.05) is 0 Å². The average Bonchev–Trinajstić information content (AvgIpc) is 3.22. The highest BCUT2D eigenvalue weighted by Crippen LogP contribution is 2.35. The van der Waals surface area contributed by atoms with Crippen molar-refractivity contribution in [2.75, 3.05) is 6.54 Å². The summed E-state index contributed by atoms with van der Waals surface area (Å²) in [6, 6.07) is 4.35. The molecule has 0 unspecified atom stereocenters. The van der Waals surface area contributed by atoms with Crippen LogP contribution in [0.3, 0.4) is 0 Å². The SMILES string of the molecule is O=C(O)c1cc(CN(CC2CC2)C2CC2)ccn1. The smallest absolute Gasteiger partial charge is 0.354 e. The number of hydrogen-bond acceptors (Lipinski definition) is 3. The first-order valence-corrected chi connectivity index (χ1v) is 6.64. The van der Waals surface area contributed by atoms with E-state index in [0.29, 0.717) is 0 Å². The van der Waals surface area contributed by atoms with Gasteiger partial charge in [0.1, 0.15) is 5.69 Å². The van der Waals surface area contributed by atoms with E-state index >= 15 is 0 Å². The van der Waals surface area contributed by atoms with Crippen molar-refractivity contribution in [1.29, 1.82) is 0 Å². The molecule has 1 aromatic heterocycles. The van der Waals surface area contributed by atoms with Crippen LogP contribution in [-0.2, 0) is 6.54 Å². The molecule has 2 aliphatic carbocycles. The predicted molar refractivity (Wildman–Crippen MR) is 67.4 cm³/mol. The van der Waals surface area contributed by atoms with Crippen molar-refractivity contribution in [3.63, 3.8) is 0 Å². The summed E-state index contributed by atoms with van der Waals surface area (Å²) in [6.07, 6.45) is 6.91. The van der Waals surface area contributed by atoms with E-state index in [2.05, 4.69) is 9.88 Å². The normalized spacial score (nSPS) is 19.2. The van der Waals surface area contributed by atoms with Crippen molar-refractivity contribution in [2.24, 2.45) is 5.92 Å². The summed E-state index contributed by atoms with van der Waals surface area (Å²) in [5, 5.41) is 8.94. The average molecular weight is 246 g/mol. The van der Waals surface area contributed by atoms with Gasteiger partial charge in [0.15, 0.2) is 0 Å². The van der Waals surface area contributed by atoms with E-state index in [4.69, 9.17) is 5.11 Å². The first-order valence-electron chi connectivity index (χ1n) is 6.64. The number of nitrogens with zero attached hydrogens (tertiary/aromatic N) is 2. The highest BCUT2D eigenvalue weighted by atomic mass is 16.4. The Morgan fingerprint density at radius 1 is 1.39 bits per heavy atom. The Morgan fingerprint density at radius 2 is 2.17 bits per heavy atom. The Labute approximate surface area is 107 Å². The fourth-order valence-electron chi connectivity index (χ4n) is 2.34. The van der Waals surface area contributed by atoms with E-state index in [1.807, 2.05) is 6.07 Å². The lowest BCUT2D eigenvalue weighted by Crippen LogP contribution is -2.27. The Morgan fingerprint density at radius 3 is 2.78 bits per heavy atom. The number of aromatic carboxylic acids is 1. The van der Waals surface area contributed by atoms with Gasteiger partial charge in [0.05, 0.1) is 0 Å². The van der Waals surface area contributed by atoms with Gasteiger partial charge in [-0.05, 0) is 49.3 Å². The standard InChI is InChI=1S/C14H18N2O2/c17-14(18)13-7-11(5-6-15-13)9-16(12-3-4-12)8-10-1-2-10/h5-7,10,12H,1-4,8-9H2,(H,17,18). The van der Waals surface area contributed by atoms with Crippen molar-refractivity contribution >= 4 is 5.97 Å². The highest BCUT2D eigenvalue weighted by molar-refractivity contribution is 5.85. The Hall–Kier alpha value is -1.42. The quantitative estimate of drug-likeness (QED) is 0.835. The topological polar surface area (TPSA) is 53.4 Å². The van der Waals surface area contributed by atoms with Gasteiger partial charge in [-0.15, -0.1) is 0 Å². The van der Waals surface area contributed by atoms with Crippen LogP contribution in [0.1, 0.15) is 41.7 Å². The van der Waals surface area contributed by atoms with Gasteiger partial charge in [-0.25, -0.2) is 9.78 Å². The van der Waals surface area contributed by atoms with Crippen molar-refractivity contribution in [3.05, 3.63) is 29.6 Å². The van der Waals surface area contributed by atoms with Crippen LogP contribution in [0, 0.1) is 5.92 Å². The summed E-state index contributed by atoms with van der Waals surface area (Å²) in [7, 11) is 0. The molecule has 0 spiro atoms. The minimum Gasteiger partial charge on any atom is -0.477 e. The second-order valence-corrected chi connectivity index (χ2v) is 5.46. The van der Waals surface area contributed by atoms with Crippen LogP contribution in [0.15, 0.2) is 18.3 Å². The molecule has 0 atom stereocenters. The molecule has 0 radical (unpaired) electrons. The molecule has 0 saturated heterocycles. The molecule has 1 aromatic rings. The molecule has 0 aromatic carbocycles. The first-order chi connectivity index (χ1) is 8.72. The summed E-state index contributed by atoms with van der Waals surface area (Å²) in [5.74, 6) is -0.0663. The lowest BCUT2D eigenvalue weighted by Gasteiger charge is -2.21. The van der Waals surface area contributed by atoms with Crippen molar-refractivity contribution < 1.29 is 9.90 Å². The van der Waals surface area contributed by atoms with E-state index < -0.39 is 5.97 Å². The van der Waals surface area contributed by atoms with Crippen molar-refractivity contribution in [1.82, 2.24) is 9.88 Å². The zero-order valence-corrected chi connectivity index (χ0v) is 10.4. The third-order valence-electron chi connectivity index (χ3n) is 3.68. The monoisotopic (exact) mass is 246 g/mol. The lowest BCUT2D eigenvalue weighted by atomic mass is 10.2. The molecular weight excluding hydrogens is 228 g/mol. The van der Waals surface area contributed by atoms with Gasteiger partial charge in [-0.2, -0.15) is 0 Å². The van der Waals surface area contributed by atoms with Gasteiger partial charge in [-0.3, -0.25) is 4.90 Å². The molecule has 4 heteroatoms. The maximum atomic E-state index is 10.9. The van der Waals surface area contributed by atoms with Gasteiger partial charge in [0.25, 0.3) is 0 Å². The number of rotatable bonds is 6. The summed E-state index contributed by atoms with van der Waals surface area (Å²) >= 11 is 0. The second kappa shape index (κ2) is 4.69. The molecule has 18 heavy (non-hydrogen) atoms. The lowest BCUT2D eigenvalue weighted by molar-refractivity contribution is 0.0690. The van der Waals surface area contributed by atoms with Crippen LogP contribution < -0.4 is 0 Å². The molecule has 2 fully saturated rings. The minimum atomic E-state index is -0.947. The zero-order chi connectivity index (χ0) is 12.5.